The summed E-state index contributed by atoms with van der Waals surface area (Å²) in [6, 6.07) is 15.6. The molecule has 28 heavy (non-hydrogen) atoms. The maximum absolute atomic E-state index is 12.9. The second-order valence-electron chi connectivity index (χ2n) is 6.43. The first-order valence-corrected chi connectivity index (χ1v) is 11.7. The van der Waals surface area contributed by atoms with E-state index in [1.165, 1.54) is 16.4 Å². The number of thioether (sulfide) groups is 1. The maximum atomic E-state index is 12.9. The molecule has 146 valence electrons. The van der Waals surface area contributed by atoms with E-state index in [2.05, 4.69) is 0 Å². The quantitative estimate of drug-likeness (QED) is 0.750. The van der Waals surface area contributed by atoms with Crippen molar-refractivity contribution in [2.24, 2.45) is 0 Å². The Bertz CT molecular complexity index is 990. The molecule has 0 aliphatic carbocycles. The molecule has 8 heteroatoms. The average molecular weight is 416 g/mol. The van der Waals surface area contributed by atoms with Gasteiger partial charge < -0.3 is 4.90 Å². The van der Waals surface area contributed by atoms with Gasteiger partial charge in [-0.15, -0.1) is 0 Å². The zero-order chi connectivity index (χ0) is 20.1. The van der Waals surface area contributed by atoms with Crippen LogP contribution in [-0.4, -0.2) is 56.0 Å². The fraction of sp³-hybridized carbons (Fsp3) is 0.300. The van der Waals surface area contributed by atoms with Gasteiger partial charge in [-0.25, -0.2) is 8.42 Å². The highest BCUT2D eigenvalue weighted by molar-refractivity contribution is 7.97. The number of sulfonamides is 1. The first-order chi connectivity index (χ1) is 13.5. The van der Waals surface area contributed by atoms with Crippen molar-refractivity contribution >= 4 is 27.7 Å². The van der Waals surface area contributed by atoms with E-state index in [0.717, 1.165) is 11.3 Å². The predicted octanol–water partition coefficient (Wildman–Crippen LogP) is 2.57. The summed E-state index contributed by atoms with van der Waals surface area (Å²) >= 11 is 1.72. The molecule has 0 atom stereocenters. The van der Waals surface area contributed by atoms with Crippen molar-refractivity contribution in [1.82, 2.24) is 9.21 Å². The minimum Gasteiger partial charge on any atom is -0.336 e. The molecule has 1 saturated heterocycles. The van der Waals surface area contributed by atoms with Crippen LogP contribution in [0.25, 0.3) is 0 Å². The Labute approximate surface area is 169 Å². The van der Waals surface area contributed by atoms with Crippen LogP contribution in [0.4, 0.5) is 0 Å². The van der Waals surface area contributed by atoms with Crippen LogP contribution in [0.5, 0.6) is 0 Å². The third-order valence-electron chi connectivity index (χ3n) is 4.66. The van der Waals surface area contributed by atoms with Gasteiger partial charge >= 0.3 is 0 Å². The van der Waals surface area contributed by atoms with Crippen LogP contribution in [0.3, 0.4) is 0 Å². The molecule has 0 unspecified atom stereocenters. The summed E-state index contributed by atoms with van der Waals surface area (Å²) in [6.07, 6.45) is 2.03. The molecule has 0 radical (unpaired) electrons. The Hall–Kier alpha value is -2.34. The monoisotopic (exact) mass is 415 g/mol. The zero-order valence-electron chi connectivity index (χ0n) is 15.5. The van der Waals surface area contributed by atoms with Gasteiger partial charge in [-0.05, 0) is 36.1 Å². The van der Waals surface area contributed by atoms with Crippen molar-refractivity contribution in [3.63, 3.8) is 0 Å². The summed E-state index contributed by atoms with van der Waals surface area (Å²) in [5.74, 6) is 0.806. The largest absolute Gasteiger partial charge is 0.336 e. The fourth-order valence-corrected chi connectivity index (χ4v) is 5.24. The normalized spacial score (nSPS) is 15.2. The lowest BCUT2D eigenvalue weighted by molar-refractivity contribution is 0.0698. The van der Waals surface area contributed by atoms with E-state index in [1.807, 2.05) is 36.6 Å². The molecule has 2 aromatic carbocycles. The third kappa shape index (κ3) is 4.22. The van der Waals surface area contributed by atoms with Crippen molar-refractivity contribution in [1.29, 1.82) is 5.26 Å². The number of carbonyl (C=O) groups is 1. The highest BCUT2D eigenvalue weighted by atomic mass is 32.2. The van der Waals surface area contributed by atoms with Crippen molar-refractivity contribution in [2.75, 3.05) is 32.4 Å². The van der Waals surface area contributed by atoms with Gasteiger partial charge in [0.25, 0.3) is 5.91 Å². The second kappa shape index (κ2) is 8.78. The third-order valence-corrected chi connectivity index (χ3v) is 7.24. The number of benzene rings is 2. The van der Waals surface area contributed by atoms with Gasteiger partial charge in [0.1, 0.15) is 6.07 Å². The number of amides is 1. The Balaban J connectivity index is 1.68. The SMILES string of the molecule is CSCc1ccc(C(=O)N2CCN(S(=O)(=O)c3ccccc3C#N)CC2)cc1. The van der Waals surface area contributed by atoms with E-state index < -0.39 is 10.0 Å². The highest BCUT2D eigenvalue weighted by Gasteiger charge is 2.31. The van der Waals surface area contributed by atoms with Crippen LogP contribution in [0, 0.1) is 11.3 Å². The summed E-state index contributed by atoms with van der Waals surface area (Å²) in [5, 5.41) is 9.19. The van der Waals surface area contributed by atoms with E-state index in [0.29, 0.717) is 18.7 Å². The molecular formula is C20H21N3O3S2. The van der Waals surface area contributed by atoms with Crippen molar-refractivity contribution < 1.29 is 13.2 Å². The van der Waals surface area contributed by atoms with Crippen LogP contribution in [-0.2, 0) is 15.8 Å². The Morgan fingerprint density at radius 2 is 1.71 bits per heavy atom. The predicted molar refractivity (Wildman–Crippen MR) is 109 cm³/mol. The highest BCUT2D eigenvalue weighted by Crippen LogP contribution is 2.21. The Morgan fingerprint density at radius 3 is 2.32 bits per heavy atom. The lowest BCUT2D eigenvalue weighted by Crippen LogP contribution is -2.50. The smallest absolute Gasteiger partial charge is 0.253 e. The zero-order valence-corrected chi connectivity index (χ0v) is 17.2. The Kier molecular flexibility index (Phi) is 6.39. The van der Waals surface area contributed by atoms with Gasteiger partial charge in [0, 0.05) is 37.5 Å². The minimum absolute atomic E-state index is 0.0154. The van der Waals surface area contributed by atoms with Gasteiger partial charge in [-0.3, -0.25) is 4.79 Å². The number of carbonyl (C=O) groups excluding carboxylic acids is 1. The summed E-state index contributed by atoms with van der Waals surface area (Å²) in [6.45, 7) is 1.05. The standard InChI is InChI=1S/C20H21N3O3S2/c1-27-15-16-6-8-17(9-7-16)20(24)22-10-12-23(13-11-22)28(25,26)19-5-3-2-4-18(19)14-21/h2-9H,10-13,15H2,1H3. The van der Waals surface area contributed by atoms with Crippen molar-refractivity contribution in [2.45, 2.75) is 10.6 Å². The molecule has 1 heterocycles. The van der Waals surface area contributed by atoms with Crippen molar-refractivity contribution in [3.8, 4) is 6.07 Å². The second-order valence-corrected chi connectivity index (χ2v) is 9.21. The Morgan fingerprint density at radius 1 is 1.07 bits per heavy atom. The lowest BCUT2D eigenvalue weighted by atomic mass is 10.1. The number of rotatable bonds is 5. The first-order valence-electron chi connectivity index (χ1n) is 8.84. The summed E-state index contributed by atoms with van der Waals surface area (Å²) in [5.41, 5.74) is 1.90. The summed E-state index contributed by atoms with van der Waals surface area (Å²) in [4.78, 5) is 14.4. The number of nitrogens with zero attached hydrogens (tertiary/aromatic N) is 3. The van der Waals surface area contributed by atoms with Gasteiger partial charge in [-0.1, -0.05) is 24.3 Å². The van der Waals surface area contributed by atoms with Crippen LogP contribution in [0.15, 0.2) is 53.4 Å². The average Bonchev–Trinajstić information content (AvgIpc) is 2.74. The van der Waals surface area contributed by atoms with E-state index in [4.69, 9.17) is 0 Å². The van der Waals surface area contributed by atoms with Gasteiger partial charge in [0.2, 0.25) is 10.0 Å². The van der Waals surface area contributed by atoms with Gasteiger partial charge in [0.15, 0.2) is 0 Å². The molecule has 0 saturated carbocycles. The number of hydrogen-bond donors (Lipinski definition) is 0. The number of piperazine rings is 1. The number of nitriles is 1. The molecule has 1 fully saturated rings. The van der Waals surface area contributed by atoms with Crippen molar-refractivity contribution in [3.05, 3.63) is 65.2 Å². The first kappa shape index (κ1) is 20.4. The molecular weight excluding hydrogens is 394 g/mol. The molecule has 3 rings (SSSR count). The van der Waals surface area contributed by atoms with Crippen LogP contribution in [0.2, 0.25) is 0 Å². The van der Waals surface area contributed by atoms with E-state index in [-0.39, 0.29) is 29.5 Å². The molecule has 2 aromatic rings. The molecule has 1 aliphatic rings. The fourth-order valence-electron chi connectivity index (χ4n) is 3.15. The molecule has 1 amide bonds. The maximum Gasteiger partial charge on any atom is 0.253 e. The summed E-state index contributed by atoms with van der Waals surface area (Å²) < 4.78 is 27.1. The van der Waals surface area contributed by atoms with Crippen LogP contribution < -0.4 is 0 Å². The minimum atomic E-state index is -3.76. The summed E-state index contributed by atoms with van der Waals surface area (Å²) in [7, 11) is -3.76. The van der Waals surface area contributed by atoms with Crippen LogP contribution in [0.1, 0.15) is 21.5 Å². The molecule has 1 aliphatic heterocycles. The molecule has 0 aromatic heterocycles. The van der Waals surface area contributed by atoms with Crippen LogP contribution >= 0.6 is 11.8 Å². The van der Waals surface area contributed by atoms with E-state index in [1.54, 1.807) is 28.8 Å². The van der Waals surface area contributed by atoms with Gasteiger partial charge in [0.05, 0.1) is 10.5 Å². The molecule has 6 nitrogen and oxygen atoms in total. The van der Waals surface area contributed by atoms with Gasteiger partial charge in [-0.2, -0.15) is 21.3 Å². The lowest BCUT2D eigenvalue weighted by Gasteiger charge is -2.34. The molecule has 0 spiro atoms. The van der Waals surface area contributed by atoms with E-state index >= 15 is 0 Å². The molecule has 0 bridgehead atoms. The van der Waals surface area contributed by atoms with E-state index in [9.17, 15) is 18.5 Å². The topological polar surface area (TPSA) is 81.5 Å². The molecule has 0 N–H and O–H groups in total. The number of hydrogen-bond acceptors (Lipinski definition) is 5.